The molecule has 0 bridgehead atoms. The van der Waals surface area contributed by atoms with Gasteiger partial charge in [-0.2, -0.15) is 0 Å². The Kier molecular flexibility index (Phi) is 8.98. The van der Waals surface area contributed by atoms with E-state index in [1.54, 1.807) is 0 Å². The third-order valence-electron chi connectivity index (χ3n) is 2.62. The molecular weight excluding hydrogens is 264 g/mol. The van der Waals surface area contributed by atoms with Crippen molar-refractivity contribution in [2.45, 2.75) is 52.0 Å². The lowest BCUT2D eigenvalue weighted by Gasteiger charge is -2.12. The summed E-state index contributed by atoms with van der Waals surface area (Å²) in [5, 5.41) is 13.9. The molecule has 0 aliphatic carbocycles. The van der Waals surface area contributed by atoms with Crippen LogP contribution in [0.2, 0.25) is 0 Å². The second-order valence-electron chi connectivity index (χ2n) is 4.64. The Morgan fingerprint density at radius 1 is 1.05 bits per heavy atom. The molecule has 0 aliphatic heterocycles. The van der Waals surface area contributed by atoms with Crippen LogP contribution in [0.5, 0.6) is 0 Å². The second-order valence-corrected chi connectivity index (χ2v) is 4.64. The highest BCUT2D eigenvalue weighted by Gasteiger charge is 2.17. The van der Waals surface area contributed by atoms with Gasteiger partial charge in [-0.3, -0.25) is 9.59 Å². The van der Waals surface area contributed by atoms with Crippen LogP contribution in [-0.4, -0.2) is 41.3 Å². The molecule has 20 heavy (non-hydrogen) atoms. The first kappa shape index (κ1) is 18.1. The Labute approximate surface area is 118 Å². The number of nitrogens with one attached hydrogen (secondary N) is 2. The van der Waals surface area contributed by atoms with E-state index in [0.717, 1.165) is 0 Å². The molecule has 0 aromatic rings. The van der Waals surface area contributed by atoms with Crippen LogP contribution in [-0.2, 0) is 19.2 Å². The summed E-state index contributed by atoms with van der Waals surface area (Å²) in [5.74, 6) is -1.66. The quantitative estimate of drug-likeness (QED) is 0.498. The van der Waals surface area contributed by atoms with E-state index in [2.05, 4.69) is 10.6 Å². The summed E-state index contributed by atoms with van der Waals surface area (Å²) < 4.78 is 0. The van der Waals surface area contributed by atoms with Crippen LogP contribution in [0.4, 0.5) is 0 Å². The minimum Gasteiger partial charge on any atom is -0.480 e. The third-order valence-corrected chi connectivity index (χ3v) is 2.62. The molecule has 0 saturated carbocycles. The number of aliphatic carboxylic acids is 1. The summed E-state index contributed by atoms with van der Waals surface area (Å²) in [7, 11) is 0. The molecule has 0 spiro atoms. The molecule has 3 N–H and O–H groups in total. The fourth-order valence-electron chi connectivity index (χ4n) is 1.58. The largest absolute Gasteiger partial charge is 0.480 e. The van der Waals surface area contributed by atoms with Crippen molar-refractivity contribution in [2.24, 2.45) is 0 Å². The predicted molar refractivity (Wildman–Crippen MR) is 72.0 cm³/mol. The number of hydrogen-bond acceptors (Lipinski definition) is 4. The Bertz CT molecular complexity index is 368. The number of amides is 2. The maximum atomic E-state index is 11.3. The summed E-state index contributed by atoms with van der Waals surface area (Å²) in [4.78, 5) is 43.6. The van der Waals surface area contributed by atoms with Crippen LogP contribution in [0, 0.1) is 0 Å². The van der Waals surface area contributed by atoms with Gasteiger partial charge in [0.25, 0.3) is 0 Å². The van der Waals surface area contributed by atoms with Gasteiger partial charge in [-0.25, -0.2) is 4.79 Å². The average molecular weight is 286 g/mol. The minimum absolute atomic E-state index is 0.0280. The highest BCUT2D eigenvalue weighted by atomic mass is 16.4. The zero-order chi connectivity index (χ0) is 15.5. The van der Waals surface area contributed by atoms with E-state index in [1.807, 2.05) is 0 Å². The molecule has 7 nitrogen and oxygen atoms in total. The number of carbonyl (C=O) groups is 4. The van der Waals surface area contributed by atoms with Crippen molar-refractivity contribution in [3.8, 4) is 0 Å². The number of carbonyl (C=O) groups excluding carboxylic acids is 3. The first-order valence-electron chi connectivity index (χ1n) is 6.59. The van der Waals surface area contributed by atoms with Crippen molar-refractivity contribution in [2.75, 3.05) is 6.54 Å². The normalized spacial score (nSPS) is 11.5. The average Bonchev–Trinajstić information content (AvgIpc) is 2.33. The maximum Gasteiger partial charge on any atom is 0.326 e. The van der Waals surface area contributed by atoms with Crippen LogP contribution >= 0.6 is 0 Å². The summed E-state index contributed by atoms with van der Waals surface area (Å²) in [6, 6.07) is -0.888. The van der Waals surface area contributed by atoms with E-state index in [0.29, 0.717) is 25.8 Å². The van der Waals surface area contributed by atoms with Crippen LogP contribution < -0.4 is 10.6 Å². The smallest absolute Gasteiger partial charge is 0.326 e. The standard InChI is InChI=1S/C13H22N2O5/c1-9(16)6-7-12(18)14-8-4-3-5-11(13(19)20)15-10(2)17/h11H,3-8H2,1-2H3,(H,14,18)(H,15,17)(H,19,20). The molecule has 7 heteroatoms. The molecule has 2 amide bonds. The zero-order valence-electron chi connectivity index (χ0n) is 11.9. The summed E-state index contributed by atoms with van der Waals surface area (Å²) in [5.41, 5.74) is 0. The Morgan fingerprint density at radius 2 is 1.70 bits per heavy atom. The topological polar surface area (TPSA) is 113 Å². The van der Waals surface area contributed by atoms with Gasteiger partial charge in [0.05, 0.1) is 0 Å². The number of ketones is 1. The molecule has 1 atom stereocenters. The van der Waals surface area contributed by atoms with Crippen LogP contribution in [0.3, 0.4) is 0 Å². The van der Waals surface area contributed by atoms with Gasteiger partial charge in [0.1, 0.15) is 11.8 Å². The molecule has 0 rings (SSSR count). The molecule has 0 radical (unpaired) electrons. The van der Waals surface area contributed by atoms with Gasteiger partial charge in [0.2, 0.25) is 11.8 Å². The van der Waals surface area contributed by atoms with Crippen molar-refractivity contribution in [3.05, 3.63) is 0 Å². The van der Waals surface area contributed by atoms with Gasteiger partial charge in [-0.15, -0.1) is 0 Å². The number of hydrogen-bond donors (Lipinski definition) is 3. The van der Waals surface area contributed by atoms with Crippen molar-refractivity contribution in [3.63, 3.8) is 0 Å². The summed E-state index contributed by atoms with van der Waals surface area (Å²) in [6.45, 7) is 3.13. The SMILES string of the molecule is CC(=O)CCC(=O)NCCCCC(NC(C)=O)C(=O)O. The Hall–Kier alpha value is -1.92. The number of rotatable bonds is 10. The fourth-order valence-corrected chi connectivity index (χ4v) is 1.58. The van der Waals surface area contributed by atoms with E-state index < -0.39 is 12.0 Å². The molecule has 114 valence electrons. The van der Waals surface area contributed by atoms with Crippen molar-refractivity contribution in [1.82, 2.24) is 10.6 Å². The lowest BCUT2D eigenvalue weighted by molar-refractivity contribution is -0.141. The van der Waals surface area contributed by atoms with Crippen molar-refractivity contribution < 1.29 is 24.3 Å². The van der Waals surface area contributed by atoms with Gasteiger partial charge in [-0.1, -0.05) is 0 Å². The van der Waals surface area contributed by atoms with Gasteiger partial charge in [0, 0.05) is 26.3 Å². The minimum atomic E-state index is -1.06. The maximum absolute atomic E-state index is 11.3. The van der Waals surface area contributed by atoms with E-state index in [9.17, 15) is 19.2 Å². The Balaban J connectivity index is 3.73. The monoisotopic (exact) mass is 286 g/mol. The molecule has 0 heterocycles. The molecule has 0 aromatic carbocycles. The lowest BCUT2D eigenvalue weighted by atomic mass is 10.1. The molecule has 0 fully saturated rings. The molecular formula is C13H22N2O5. The molecule has 0 saturated heterocycles. The summed E-state index contributed by atoms with van der Waals surface area (Å²) >= 11 is 0. The van der Waals surface area contributed by atoms with Crippen LogP contribution in [0.25, 0.3) is 0 Å². The fraction of sp³-hybridized carbons (Fsp3) is 0.692. The number of carboxylic acids is 1. The highest BCUT2D eigenvalue weighted by Crippen LogP contribution is 2.01. The first-order chi connectivity index (χ1) is 9.32. The van der Waals surface area contributed by atoms with Gasteiger partial charge >= 0.3 is 5.97 Å². The van der Waals surface area contributed by atoms with Crippen LogP contribution in [0.1, 0.15) is 46.0 Å². The Morgan fingerprint density at radius 3 is 2.20 bits per heavy atom. The number of carboxylic acid groups (broad SMARTS) is 1. The van der Waals surface area contributed by atoms with E-state index >= 15 is 0 Å². The second kappa shape index (κ2) is 9.94. The highest BCUT2D eigenvalue weighted by molar-refractivity contribution is 5.83. The molecule has 1 unspecified atom stereocenters. The number of unbranched alkanes of at least 4 members (excludes halogenated alkanes) is 1. The molecule has 0 aromatic heterocycles. The van der Waals surface area contributed by atoms with Crippen molar-refractivity contribution >= 4 is 23.6 Å². The third kappa shape index (κ3) is 10.0. The summed E-state index contributed by atoms with van der Waals surface area (Å²) in [6.07, 6.45) is 1.92. The van der Waals surface area contributed by atoms with E-state index in [4.69, 9.17) is 5.11 Å². The first-order valence-corrected chi connectivity index (χ1v) is 6.59. The lowest BCUT2D eigenvalue weighted by Crippen LogP contribution is -2.39. The van der Waals surface area contributed by atoms with E-state index in [-0.39, 0.29) is 30.4 Å². The zero-order valence-corrected chi connectivity index (χ0v) is 11.9. The molecule has 0 aliphatic rings. The predicted octanol–water partition coefficient (Wildman–Crippen LogP) is 0.231. The van der Waals surface area contributed by atoms with Gasteiger partial charge in [-0.05, 0) is 26.2 Å². The van der Waals surface area contributed by atoms with Gasteiger partial charge < -0.3 is 20.5 Å². The number of Topliss-reactive ketones (excluding diaryl/α,β-unsaturated/α-hetero) is 1. The van der Waals surface area contributed by atoms with Gasteiger partial charge in [0.15, 0.2) is 0 Å². The van der Waals surface area contributed by atoms with Crippen molar-refractivity contribution in [1.29, 1.82) is 0 Å². The van der Waals surface area contributed by atoms with E-state index in [1.165, 1.54) is 13.8 Å². The van der Waals surface area contributed by atoms with Crippen LogP contribution in [0.15, 0.2) is 0 Å².